The van der Waals surface area contributed by atoms with E-state index in [0.717, 1.165) is 17.7 Å². The lowest BCUT2D eigenvalue weighted by molar-refractivity contribution is -0.144. The second-order valence-corrected chi connectivity index (χ2v) is 6.40. The number of likely N-dealkylation sites (N-methyl/N-ethyl adjacent to an activating group) is 1. The van der Waals surface area contributed by atoms with Gasteiger partial charge in [0.15, 0.2) is 0 Å². The van der Waals surface area contributed by atoms with Crippen molar-refractivity contribution in [1.29, 1.82) is 0 Å². The summed E-state index contributed by atoms with van der Waals surface area (Å²) in [5, 5.41) is 0. The summed E-state index contributed by atoms with van der Waals surface area (Å²) >= 11 is 0. The van der Waals surface area contributed by atoms with Gasteiger partial charge >= 0.3 is 5.97 Å². The van der Waals surface area contributed by atoms with E-state index in [9.17, 15) is 9.59 Å². The lowest BCUT2D eigenvalue weighted by atomic mass is 10.0. The minimum absolute atomic E-state index is 0.0314. The standard InChI is InChI=1S/C20H32N2O4/c1-6-8-19(23)22(14-13-20(24)26-7-2)15-18(21(3)4)16-9-11-17(25-5)12-10-16/h9-12,18H,6-8,13-15H2,1-5H3. The van der Waals surface area contributed by atoms with Gasteiger partial charge < -0.3 is 19.3 Å². The summed E-state index contributed by atoms with van der Waals surface area (Å²) in [6, 6.07) is 7.89. The first-order valence-electron chi connectivity index (χ1n) is 9.16. The van der Waals surface area contributed by atoms with Crippen LogP contribution in [0, 0.1) is 0 Å². The fourth-order valence-electron chi connectivity index (χ4n) is 2.75. The number of benzene rings is 1. The minimum atomic E-state index is -0.271. The van der Waals surface area contributed by atoms with Crippen LogP contribution in [-0.2, 0) is 14.3 Å². The van der Waals surface area contributed by atoms with E-state index in [0.29, 0.717) is 26.1 Å². The number of rotatable bonds is 11. The van der Waals surface area contributed by atoms with Crippen LogP contribution in [0.15, 0.2) is 24.3 Å². The first kappa shape index (κ1) is 22.0. The van der Waals surface area contributed by atoms with E-state index in [4.69, 9.17) is 9.47 Å². The smallest absolute Gasteiger partial charge is 0.307 e. The van der Waals surface area contributed by atoms with Crippen LogP contribution in [0.4, 0.5) is 0 Å². The van der Waals surface area contributed by atoms with Gasteiger partial charge in [0.05, 0.1) is 26.2 Å². The van der Waals surface area contributed by atoms with Crippen LogP contribution in [0.1, 0.15) is 44.7 Å². The summed E-state index contributed by atoms with van der Waals surface area (Å²) < 4.78 is 10.2. The van der Waals surface area contributed by atoms with Gasteiger partial charge in [0.25, 0.3) is 0 Å². The average Bonchev–Trinajstić information content (AvgIpc) is 2.62. The molecule has 0 radical (unpaired) electrons. The molecule has 1 aromatic rings. The Balaban J connectivity index is 2.90. The predicted molar refractivity (Wildman–Crippen MR) is 102 cm³/mol. The second kappa shape index (κ2) is 11.5. The third-order valence-electron chi connectivity index (χ3n) is 4.22. The highest BCUT2D eigenvalue weighted by molar-refractivity contribution is 5.77. The van der Waals surface area contributed by atoms with Gasteiger partial charge in [-0.3, -0.25) is 9.59 Å². The summed E-state index contributed by atoms with van der Waals surface area (Å²) in [4.78, 5) is 28.1. The largest absolute Gasteiger partial charge is 0.497 e. The van der Waals surface area contributed by atoms with Crippen LogP contribution in [-0.4, -0.2) is 62.6 Å². The molecule has 0 saturated heterocycles. The van der Waals surface area contributed by atoms with E-state index in [2.05, 4.69) is 4.90 Å². The fourth-order valence-corrected chi connectivity index (χ4v) is 2.75. The Morgan fingerprint density at radius 2 is 1.73 bits per heavy atom. The van der Waals surface area contributed by atoms with Crippen molar-refractivity contribution < 1.29 is 19.1 Å². The van der Waals surface area contributed by atoms with Crippen LogP contribution in [0.25, 0.3) is 0 Å². The molecule has 0 saturated carbocycles. The summed E-state index contributed by atoms with van der Waals surface area (Å²) in [6.07, 6.45) is 1.47. The molecule has 26 heavy (non-hydrogen) atoms. The van der Waals surface area contributed by atoms with Gasteiger partial charge in [-0.05, 0) is 45.1 Å². The number of amides is 1. The Morgan fingerprint density at radius 1 is 1.08 bits per heavy atom. The molecule has 1 unspecified atom stereocenters. The summed E-state index contributed by atoms with van der Waals surface area (Å²) in [5.41, 5.74) is 1.10. The minimum Gasteiger partial charge on any atom is -0.497 e. The van der Waals surface area contributed by atoms with E-state index in [1.54, 1.807) is 18.9 Å². The zero-order chi connectivity index (χ0) is 19.5. The van der Waals surface area contributed by atoms with E-state index >= 15 is 0 Å². The number of nitrogens with zero attached hydrogens (tertiary/aromatic N) is 2. The van der Waals surface area contributed by atoms with Crippen LogP contribution < -0.4 is 4.74 Å². The van der Waals surface area contributed by atoms with E-state index in [1.807, 2.05) is 45.3 Å². The molecular formula is C20H32N2O4. The highest BCUT2D eigenvalue weighted by Crippen LogP contribution is 2.23. The van der Waals surface area contributed by atoms with Crippen molar-refractivity contribution in [2.45, 2.75) is 39.2 Å². The molecule has 6 nitrogen and oxygen atoms in total. The Bertz CT molecular complexity index is 557. The molecule has 0 fully saturated rings. The predicted octanol–water partition coefficient (Wildman–Crippen LogP) is 2.88. The third-order valence-corrected chi connectivity index (χ3v) is 4.22. The van der Waals surface area contributed by atoms with Crippen molar-refractivity contribution in [1.82, 2.24) is 9.80 Å². The second-order valence-electron chi connectivity index (χ2n) is 6.40. The molecule has 0 bridgehead atoms. The van der Waals surface area contributed by atoms with Crippen molar-refractivity contribution >= 4 is 11.9 Å². The van der Waals surface area contributed by atoms with Crippen molar-refractivity contribution in [3.05, 3.63) is 29.8 Å². The summed E-state index contributed by atoms with van der Waals surface area (Å²) in [6.45, 7) is 5.02. The maximum absolute atomic E-state index is 12.5. The third kappa shape index (κ3) is 7.04. The lowest BCUT2D eigenvalue weighted by Gasteiger charge is -2.32. The molecule has 1 aromatic carbocycles. The number of hydrogen-bond donors (Lipinski definition) is 0. The number of esters is 1. The van der Waals surface area contributed by atoms with Crippen molar-refractivity contribution in [2.24, 2.45) is 0 Å². The molecule has 0 heterocycles. The van der Waals surface area contributed by atoms with Crippen LogP contribution >= 0.6 is 0 Å². The van der Waals surface area contributed by atoms with Gasteiger partial charge in [-0.1, -0.05) is 19.1 Å². The molecule has 0 aliphatic carbocycles. The molecule has 0 aliphatic heterocycles. The number of methoxy groups -OCH3 is 1. The molecule has 6 heteroatoms. The van der Waals surface area contributed by atoms with Gasteiger partial charge in [0.1, 0.15) is 5.75 Å². The molecular weight excluding hydrogens is 332 g/mol. The van der Waals surface area contributed by atoms with Gasteiger partial charge in [0, 0.05) is 19.5 Å². The molecule has 1 atom stereocenters. The summed E-state index contributed by atoms with van der Waals surface area (Å²) in [7, 11) is 5.62. The highest BCUT2D eigenvalue weighted by atomic mass is 16.5. The number of carbonyl (C=O) groups excluding carboxylic acids is 2. The topological polar surface area (TPSA) is 59.1 Å². The van der Waals surface area contributed by atoms with Gasteiger partial charge in [-0.15, -0.1) is 0 Å². The number of carbonyl (C=O) groups is 2. The van der Waals surface area contributed by atoms with Crippen molar-refractivity contribution in [3.63, 3.8) is 0 Å². The Kier molecular flexibility index (Phi) is 9.73. The van der Waals surface area contributed by atoms with Gasteiger partial charge in [-0.2, -0.15) is 0 Å². The Hall–Kier alpha value is -2.08. The Morgan fingerprint density at radius 3 is 2.23 bits per heavy atom. The first-order chi connectivity index (χ1) is 12.4. The van der Waals surface area contributed by atoms with Crippen LogP contribution in [0.5, 0.6) is 5.75 Å². The molecule has 146 valence electrons. The lowest BCUT2D eigenvalue weighted by Crippen LogP contribution is -2.40. The molecule has 1 amide bonds. The molecule has 0 N–H and O–H groups in total. The average molecular weight is 364 g/mol. The van der Waals surface area contributed by atoms with Gasteiger partial charge in [0.2, 0.25) is 5.91 Å². The monoisotopic (exact) mass is 364 g/mol. The quantitative estimate of drug-likeness (QED) is 0.565. The number of hydrogen-bond acceptors (Lipinski definition) is 5. The summed E-state index contributed by atoms with van der Waals surface area (Å²) in [5.74, 6) is 0.595. The van der Waals surface area contributed by atoms with Crippen molar-refractivity contribution in [3.8, 4) is 5.75 Å². The zero-order valence-electron chi connectivity index (χ0n) is 16.7. The van der Waals surface area contributed by atoms with Crippen LogP contribution in [0.3, 0.4) is 0 Å². The maximum atomic E-state index is 12.5. The van der Waals surface area contributed by atoms with Crippen LogP contribution in [0.2, 0.25) is 0 Å². The van der Waals surface area contributed by atoms with E-state index in [-0.39, 0.29) is 24.3 Å². The van der Waals surface area contributed by atoms with Gasteiger partial charge in [-0.25, -0.2) is 0 Å². The van der Waals surface area contributed by atoms with E-state index < -0.39 is 0 Å². The molecule has 0 spiro atoms. The van der Waals surface area contributed by atoms with Crippen molar-refractivity contribution in [2.75, 3.05) is 40.9 Å². The number of ether oxygens (including phenoxy) is 2. The Labute approximate surface area is 157 Å². The highest BCUT2D eigenvalue weighted by Gasteiger charge is 2.22. The maximum Gasteiger partial charge on any atom is 0.307 e. The first-order valence-corrected chi connectivity index (χ1v) is 9.16. The fraction of sp³-hybridized carbons (Fsp3) is 0.600. The molecule has 0 aromatic heterocycles. The van der Waals surface area contributed by atoms with E-state index in [1.165, 1.54) is 0 Å². The normalized spacial score (nSPS) is 11.9. The molecule has 0 aliphatic rings. The molecule has 1 rings (SSSR count). The zero-order valence-corrected chi connectivity index (χ0v) is 16.7. The SMILES string of the molecule is CCCC(=O)N(CCC(=O)OCC)CC(c1ccc(OC)cc1)N(C)C.